The van der Waals surface area contributed by atoms with Crippen molar-refractivity contribution in [2.24, 2.45) is 0 Å². The van der Waals surface area contributed by atoms with Crippen molar-refractivity contribution in [1.29, 1.82) is 0 Å². The fraction of sp³-hybridized carbons (Fsp3) is 0.400. The number of amides is 1. The summed E-state index contributed by atoms with van der Waals surface area (Å²) in [7, 11) is 0. The molecule has 1 aromatic heterocycles. The van der Waals surface area contributed by atoms with Gasteiger partial charge < -0.3 is 24.3 Å². The monoisotopic (exact) mass is 498 g/mol. The summed E-state index contributed by atoms with van der Waals surface area (Å²) in [5, 5.41) is 0.507. The summed E-state index contributed by atoms with van der Waals surface area (Å²) in [5.74, 6) is 1.04. The predicted octanol–water partition coefficient (Wildman–Crippen LogP) is 3.84. The van der Waals surface area contributed by atoms with E-state index in [1.807, 2.05) is 15.9 Å². The Morgan fingerprint density at radius 1 is 1.03 bits per heavy atom. The number of carbonyl (C=O) groups excluding carboxylic acids is 1. The number of unbranched alkanes of at least 4 members (excludes halogenated alkanes) is 2. The van der Waals surface area contributed by atoms with Gasteiger partial charge in [-0.05, 0) is 43.3 Å². The summed E-state index contributed by atoms with van der Waals surface area (Å²) in [6.45, 7) is 3.04. The molecule has 1 N–H and O–H groups in total. The minimum Gasteiger partial charge on any atom is -0.454 e. The zero-order valence-corrected chi connectivity index (χ0v) is 20.1. The highest BCUT2D eigenvalue weighted by atomic mass is 32.1. The maximum Gasteiger partial charge on any atom is 0.262 e. The van der Waals surface area contributed by atoms with Crippen LogP contribution in [0.25, 0.3) is 10.9 Å². The standard InChI is InChI=1S/C25H27FN4O4S/c26-18-6-3-4-7-20(18)28-10-12-29(13-11-28)23(31)8-2-1-5-9-30-24(32)17-14-21-22(34-16-33-21)15-19(17)27-25(30)35/h3-4,6-7,14-15H,1-2,5,8-13,16H2,(H,27,35). The molecule has 10 heteroatoms. The average molecular weight is 499 g/mol. The lowest BCUT2D eigenvalue weighted by molar-refractivity contribution is -0.131. The van der Waals surface area contributed by atoms with Crippen LogP contribution in [-0.2, 0) is 11.3 Å². The first-order chi connectivity index (χ1) is 17.0. The van der Waals surface area contributed by atoms with Crippen LogP contribution in [0.5, 0.6) is 11.5 Å². The van der Waals surface area contributed by atoms with Crippen LogP contribution >= 0.6 is 12.2 Å². The lowest BCUT2D eigenvalue weighted by atomic mass is 10.1. The normalized spacial score (nSPS) is 15.1. The van der Waals surface area contributed by atoms with Gasteiger partial charge >= 0.3 is 0 Å². The zero-order chi connectivity index (χ0) is 24.4. The Hall–Kier alpha value is -3.40. The number of hydrogen-bond donors (Lipinski definition) is 1. The van der Waals surface area contributed by atoms with E-state index >= 15 is 0 Å². The molecule has 35 heavy (non-hydrogen) atoms. The third kappa shape index (κ3) is 4.88. The fourth-order valence-electron chi connectivity index (χ4n) is 4.63. The number of piperazine rings is 1. The minimum absolute atomic E-state index is 0.120. The van der Waals surface area contributed by atoms with Gasteiger partial charge in [-0.3, -0.25) is 14.2 Å². The van der Waals surface area contributed by atoms with Gasteiger partial charge in [0, 0.05) is 45.2 Å². The lowest BCUT2D eigenvalue weighted by Gasteiger charge is -2.36. The molecular formula is C25H27FN4O4S. The number of hydrogen-bond acceptors (Lipinski definition) is 6. The second-order valence-electron chi connectivity index (χ2n) is 8.77. The molecule has 0 spiro atoms. The van der Waals surface area contributed by atoms with Crippen LogP contribution in [0.3, 0.4) is 0 Å². The molecule has 1 fully saturated rings. The van der Waals surface area contributed by atoms with E-state index in [1.165, 1.54) is 6.07 Å². The maximum atomic E-state index is 14.0. The number of halogens is 1. The summed E-state index contributed by atoms with van der Waals surface area (Å²) in [6, 6.07) is 10.2. The number of anilines is 1. The van der Waals surface area contributed by atoms with Crippen molar-refractivity contribution in [2.75, 3.05) is 37.9 Å². The number of aromatic amines is 1. The second-order valence-corrected chi connectivity index (χ2v) is 9.15. The van der Waals surface area contributed by atoms with E-state index in [4.69, 9.17) is 21.7 Å². The molecule has 0 aliphatic carbocycles. The van der Waals surface area contributed by atoms with Crippen LogP contribution in [0.2, 0.25) is 0 Å². The highest BCUT2D eigenvalue weighted by Gasteiger charge is 2.22. The van der Waals surface area contributed by atoms with Crippen LogP contribution in [0.1, 0.15) is 25.7 Å². The van der Waals surface area contributed by atoms with Crippen molar-refractivity contribution in [3.8, 4) is 11.5 Å². The van der Waals surface area contributed by atoms with Crippen LogP contribution in [-0.4, -0.2) is 53.3 Å². The number of aromatic nitrogens is 2. The molecule has 3 aromatic rings. The molecule has 2 aliphatic heterocycles. The molecule has 0 bridgehead atoms. The highest BCUT2D eigenvalue weighted by Crippen LogP contribution is 2.34. The largest absolute Gasteiger partial charge is 0.454 e. The molecule has 0 saturated carbocycles. The first-order valence-corrected chi connectivity index (χ1v) is 12.3. The van der Waals surface area contributed by atoms with Gasteiger partial charge in [0.15, 0.2) is 16.3 Å². The van der Waals surface area contributed by atoms with E-state index in [-0.39, 0.29) is 24.1 Å². The molecule has 3 heterocycles. The van der Waals surface area contributed by atoms with Gasteiger partial charge in [-0.1, -0.05) is 18.6 Å². The molecule has 5 rings (SSSR count). The molecule has 0 unspecified atom stereocenters. The molecule has 8 nitrogen and oxygen atoms in total. The number of fused-ring (bicyclic) bond motifs is 2. The van der Waals surface area contributed by atoms with Crippen LogP contribution in [0.15, 0.2) is 41.2 Å². The van der Waals surface area contributed by atoms with Crippen molar-refractivity contribution >= 4 is 34.7 Å². The van der Waals surface area contributed by atoms with Crippen molar-refractivity contribution in [3.05, 3.63) is 57.3 Å². The van der Waals surface area contributed by atoms with Crippen molar-refractivity contribution in [1.82, 2.24) is 14.5 Å². The van der Waals surface area contributed by atoms with Crippen molar-refractivity contribution < 1.29 is 18.7 Å². The van der Waals surface area contributed by atoms with E-state index in [0.29, 0.717) is 72.0 Å². The van der Waals surface area contributed by atoms with Gasteiger partial charge in [0.05, 0.1) is 16.6 Å². The van der Waals surface area contributed by atoms with E-state index in [0.717, 1.165) is 19.3 Å². The molecule has 2 aliphatic rings. The Morgan fingerprint density at radius 2 is 1.77 bits per heavy atom. The Kier molecular flexibility index (Phi) is 6.72. The Bertz CT molecular complexity index is 1360. The molecule has 0 atom stereocenters. The molecule has 2 aromatic carbocycles. The second kappa shape index (κ2) is 10.1. The van der Waals surface area contributed by atoms with Crippen molar-refractivity contribution in [3.63, 3.8) is 0 Å². The van der Waals surface area contributed by atoms with E-state index in [1.54, 1.807) is 28.8 Å². The summed E-state index contributed by atoms with van der Waals surface area (Å²) in [5.41, 5.74) is 1.05. The first-order valence-electron chi connectivity index (χ1n) is 11.8. The Balaban J connectivity index is 1.10. The number of H-pyrrole nitrogens is 1. The van der Waals surface area contributed by atoms with Gasteiger partial charge in [0.25, 0.3) is 5.56 Å². The van der Waals surface area contributed by atoms with E-state index in [2.05, 4.69) is 4.98 Å². The quantitative estimate of drug-likeness (QED) is 0.394. The third-order valence-corrected chi connectivity index (χ3v) is 6.90. The topological polar surface area (TPSA) is 79.8 Å². The smallest absolute Gasteiger partial charge is 0.262 e. The fourth-order valence-corrected chi connectivity index (χ4v) is 4.92. The number of benzene rings is 2. The number of carbonyl (C=O) groups is 1. The third-order valence-electron chi connectivity index (χ3n) is 6.57. The number of para-hydroxylation sites is 1. The van der Waals surface area contributed by atoms with Gasteiger partial charge in [-0.25, -0.2) is 4.39 Å². The number of nitrogens with zero attached hydrogens (tertiary/aromatic N) is 3. The number of nitrogens with one attached hydrogen (secondary N) is 1. The molecule has 1 saturated heterocycles. The van der Waals surface area contributed by atoms with Crippen LogP contribution in [0, 0.1) is 10.6 Å². The molecule has 1 amide bonds. The number of ether oxygens (including phenoxy) is 2. The van der Waals surface area contributed by atoms with Gasteiger partial charge in [0.1, 0.15) is 5.82 Å². The van der Waals surface area contributed by atoms with Gasteiger partial charge in [-0.2, -0.15) is 0 Å². The van der Waals surface area contributed by atoms with E-state index in [9.17, 15) is 14.0 Å². The average Bonchev–Trinajstić information content (AvgIpc) is 3.32. The maximum absolute atomic E-state index is 14.0. The Morgan fingerprint density at radius 3 is 2.54 bits per heavy atom. The lowest BCUT2D eigenvalue weighted by Crippen LogP contribution is -2.49. The van der Waals surface area contributed by atoms with Gasteiger partial charge in [0.2, 0.25) is 12.7 Å². The van der Waals surface area contributed by atoms with Crippen LogP contribution in [0.4, 0.5) is 10.1 Å². The summed E-state index contributed by atoms with van der Waals surface area (Å²) in [4.78, 5) is 32.5. The Labute approximate surface area is 206 Å². The SMILES string of the molecule is O=C(CCCCCn1c(=S)[nH]c2cc3c(cc2c1=O)OCO3)N1CCN(c2ccccc2F)CC1. The predicted molar refractivity (Wildman–Crippen MR) is 133 cm³/mol. The summed E-state index contributed by atoms with van der Waals surface area (Å²) >= 11 is 5.40. The molecular weight excluding hydrogens is 471 g/mol. The van der Waals surface area contributed by atoms with E-state index < -0.39 is 0 Å². The van der Waals surface area contributed by atoms with Crippen molar-refractivity contribution in [2.45, 2.75) is 32.2 Å². The zero-order valence-electron chi connectivity index (χ0n) is 19.3. The first kappa shape index (κ1) is 23.3. The van der Waals surface area contributed by atoms with Crippen LogP contribution < -0.4 is 19.9 Å². The van der Waals surface area contributed by atoms with Gasteiger partial charge in [-0.15, -0.1) is 0 Å². The molecule has 0 radical (unpaired) electrons. The summed E-state index contributed by atoms with van der Waals surface area (Å²) in [6.07, 6.45) is 2.75. The number of rotatable bonds is 7. The highest BCUT2D eigenvalue weighted by molar-refractivity contribution is 7.71. The molecule has 184 valence electrons. The summed E-state index contributed by atoms with van der Waals surface area (Å²) < 4.78 is 26.7. The minimum atomic E-state index is -0.233.